The van der Waals surface area contributed by atoms with Crippen LogP contribution in [0.15, 0.2) is 12.4 Å². The van der Waals surface area contributed by atoms with Crippen LogP contribution in [0.25, 0.3) is 0 Å². The van der Waals surface area contributed by atoms with E-state index in [1.54, 1.807) is 7.05 Å². The van der Waals surface area contributed by atoms with Crippen LogP contribution in [0.4, 0.5) is 5.95 Å². The normalized spacial score (nSPS) is 12.1. The van der Waals surface area contributed by atoms with Gasteiger partial charge in [-0.1, -0.05) is 0 Å². The van der Waals surface area contributed by atoms with Gasteiger partial charge in [-0.2, -0.15) is 0 Å². The molecule has 14 heavy (non-hydrogen) atoms. The minimum Gasteiger partial charge on any atom is -0.481 e. The zero-order valence-electron chi connectivity index (χ0n) is 7.77. The molecule has 0 saturated carbocycles. The van der Waals surface area contributed by atoms with Crippen LogP contribution < -0.4 is 11.1 Å². The molecule has 6 heteroatoms. The number of aliphatic carboxylic acids is 1. The third-order valence-corrected chi connectivity index (χ3v) is 1.72. The van der Waals surface area contributed by atoms with E-state index >= 15 is 0 Å². The number of nitrogens with one attached hydrogen (secondary N) is 1. The zero-order chi connectivity index (χ0) is 10.6. The topological polar surface area (TPSA) is 101 Å². The molecule has 1 heterocycles. The lowest BCUT2D eigenvalue weighted by Gasteiger charge is -2.08. The first-order chi connectivity index (χ1) is 6.63. The Kier molecular flexibility index (Phi) is 3.35. The maximum absolute atomic E-state index is 10.4. The van der Waals surface area contributed by atoms with Crippen molar-refractivity contribution in [3.8, 4) is 0 Å². The number of hydrogen-bond donors (Lipinski definition) is 3. The second kappa shape index (κ2) is 4.52. The first-order valence-corrected chi connectivity index (χ1v) is 4.10. The highest BCUT2D eigenvalue weighted by molar-refractivity contribution is 5.67. The highest BCUT2D eigenvalue weighted by Gasteiger charge is 2.11. The molecule has 4 N–H and O–H groups in total. The number of aromatic nitrogens is 2. The van der Waals surface area contributed by atoms with Crippen LogP contribution in [0.1, 0.15) is 18.0 Å². The van der Waals surface area contributed by atoms with Crippen LogP contribution in [0.3, 0.4) is 0 Å². The lowest BCUT2D eigenvalue weighted by molar-refractivity contribution is -0.137. The molecule has 1 aromatic heterocycles. The molecule has 0 saturated heterocycles. The van der Waals surface area contributed by atoms with Crippen LogP contribution in [-0.4, -0.2) is 28.1 Å². The number of hydrogen-bond acceptors (Lipinski definition) is 5. The van der Waals surface area contributed by atoms with Gasteiger partial charge >= 0.3 is 5.97 Å². The molecular formula is C8H12N4O2. The standard InChI is InChI=1S/C8H12N4O2/c1-10-8-11-3-5(4-12-8)6(9)2-7(13)14/h3-4,6H,2,9H2,1H3,(H,13,14)(H,10,11,12). The van der Waals surface area contributed by atoms with Crippen molar-refractivity contribution in [2.75, 3.05) is 12.4 Å². The fourth-order valence-electron chi connectivity index (χ4n) is 0.965. The van der Waals surface area contributed by atoms with E-state index in [2.05, 4.69) is 15.3 Å². The van der Waals surface area contributed by atoms with Gasteiger partial charge in [0.25, 0.3) is 0 Å². The molecule has 1 atom stereocenters. The van der Waals surface area contributed by atoms with Gasteiger partial charge in [0.15, 0.2) is 0 Å². The number of carboxylic acids is 1. The summed E-state index contributed by atoms with van der Waals surface area (Å²) < 4.78 is 0. The monoisotopic (exact) mass is 196 g/mol. The zero-order valence-corrected chi connectivity index (χ0v) is 7.77. The molecule has 1 unspecified atom stereocenters. The number of nitrogens with two attached hydrogens (primary N) is 1. The van der Waals surface area contributed by atoms with E-state index in [0.29, 0.717) is 11.5 Å². The summed E-state index contributed by atoms with van der Waals surface area (Å²) in [6.07, 6.45) is 2.92. The van der Waals surface area contributed by atoms with E-state index in [-0.39, 0.29) is 6.42 Å². The Bertz CT molecular complexity index is 312. The number of carboxylic acid groups (broad SMARTS) is 1. The Balaban J connectivity index is 2.71. The van der Waals surface area contributed by atoms with Crippen molar-refractivity contribution in [3.05, 3.63) is 18.0 Å². The Hall–Kier alpha value is -1.69. The SMILES string of the molecule is CNc1ncc(C(N)CC(=O)O)cn1. The summed E-state index contributed by atoms with van der Waals surface area (Å²) in [7, 11) is 1.70. The molecule has 1 aromatic rings. The number of rotatable bonds is 4. The first kappa shape index (κ1) is 10.4. The molecule has 0 aliphatic carbocycles. The molecule has 0 aromatic carbocycles. The predicted molar refractivity (Wildman–Crippen MR) is 50.8 cm³/mol. The number of nitrogens with zero attached hydrogens (tertiary/aromatic N) is 2. The first-order valence-electron chi connectivity index (χ1n) is 4.10. The van der Waals surface area contributed by atoms with Crippen LogP contribution in [0.2, 0.25) is 0 Å². The lowest BCUT2D eigenvalue weighted by Crippen LogP contribution is -2.15. The van der Waals surface area contributed by atoms with Gasteiger partial charge in [-0.15, -0.1) is 0 Å². The van der Waals surface area contributed by atoms with Gasteiger partial charge < -0.3 is 16.2 Å². The van der Waals surface area contributed by atoms with Crippen molar-refractivity contribution in [1.29, 1.82) is 0 Å². The molecule has 6 nitrogen and oxygen atoms in total. The molecule has 0 spiro atoms. The fourth-order valence-corrected chi connectivity index (χ4v) is 0.965. The highest BCUT2D eigenvalue weighted by atomic mass is 16.4. The lowest BCUT2D eigenvalue weighted by atomic mass is 10.1. The molecular weight excluding hydrogens is 184 g/mol. The summed E-state index contributed by atoms with van der Waals surface area (Å²) in [4.78, 5) is 18.2. The van der Waals surface area contributed by atoms with E-state index in [9.17, 15) is 4.79 Å². The average Bonchev–Trinajstić information content (AvgIpc) is 2.17. The van der Waals surface area contributed by atoms with Crippen molar-refractivity contribution in [2.45, 2.75) is 12.5 Å². The van der Waals surface area contributed by atoms with Gasteiger partial charge in [0.1, 0.15) is 0 Å². The second-order valence-electron chi connectivity index (χ2n) is 2.79. The minimum atomic E-state index is -0.935. The van der Waals surface area contributed by atoms with Crippen LogP contribution in [0, 0.1) is 0 Å². The highest BCUT2D eigenvalue weighted by Crippen LogP contribution is 2.12. The Morgan fingerprint density at radius 3 is 2.64 bits per heavy atom. The summed E-state index contributed by atoms with van der Waals surface area (Å²) >= 11 is 0. The van der Waals surface area contributed by atoms with Gasteiger partial charge in [0.05, 0.1) is 6.42 Å². The molecule has 0 fully saturated rings. The molecule has 0 aliphatic heterocycles. The summed E-state index contributed by atoms with van der Waals surface area (Å²) in [5.74, 6) is -0.452. The number of carbonyl (C=O) groups is 1. The minimum absolute atomic E-state index is 0.123. The van der Waals surface area contributed by atoms with Crippen LogP contribution >= 0.6 is 0 Å². The van der Waals surface area contributed by atoms with Crippen molar-refractivity contribution >= 4 is 11.9 Å². The van der Waals surface area contributed by atoms with Gasteiger partial charge in [-0.05, 0) is 0 Å². The summed E-state index contributed by atoms with van der Waals surface area (Å²) in [6.45, 7) is 0. The summed E-state index contributed by atoms with van der Waals surface area (Å²) in [6, 6.07) is -0.557. The van der Waals surface area contributed by atoms with E-state index in [1.165, 1.54) is 12.4 Å². The summed E-state index contributed by atoms with van der Waals surface area (Å²) in [5, 5.41) is 11.3. The van der Waals surface area contributed by atoms with E-state index < -0.39 is 12.0 Å². The maximum atomic E-state index is 10.4. The van der Waals surface area contributed by atoms with Crippen molar-refractivity contribution in [1.82, 2.24) is 9.97 Å². The smallest absolute Gasteiger partial charge is 0.305 e. The van der Waals surface area contributed by atoms with Crippen LogP contribution in [0.5, 0.6) is 0 Å². The van der Waals surface area contributed by atoms with E-state index in [4.69, 9.17) is 10.8 Å². The molecule has 0 radical (unpaired) electrons. The molecule has 0 bridgehead atoms. The predicted octanol–water partition coefficient (Wildman–Crippen LogP) is -0.00720. The van der Waals surface area contributed by atoms with Gasteiger partial charge in [-0.25, -0.2) is 9.97 Å². The van der Waals surface area contributed by atoms with Gasteiger partial charge in [0.2, 0.25) is 5.95 Å². The van der Waals surface area contributed by atoms with Crippen molar-refractivity contribution < 1.29 is 9.90 Å². The second-order valence-corrected chi connectivity index (χ2v) is 2.79. The summed E-state index contributed by atoms with van der Waals surface area (Å²) in [5.41, 5.74) is 6.22. The van der Waals surface area contributed by atoms with Gasteiger partial charge in [0, 0.05) is 31.0 Å². The van der Waals surface area contributed by atoms with Crippen LogP contribution in [-0.2, 0) is 4.79 Å². The Morgan fingerprint density at radius 1 is 1.64 bits per heavy atom. The molecule has 1 rings (SSSR count). The fraction of sp³-hybridized carbons (Fsp3) is 0.375. The Morgan fingerprint density at radius 2 is 2.21 bits per heavy atom. The third kappa shape index (κ3) is 2.67. The van der Waals surface area contributed by atoms with Crippen molar-refractivity contribution in [3.63, 3.8) is 0 Å². The molecule has 0 amide bonds. The largest absolute Gasteiger partial charge is 0.481 e. The van der Waals surface area contributed by atoms with Crippen molar-refractivity contribution in [2.24, 2.45) is 5.73 Å². The van der Waals surface area contributed by atoms with Gasteiger partial charge in [-0.3, -0.25) is 4.79 Å². The average molecular weight is 196 g/mol. The maximum Gasteiger partial charge on any atom is 0.305 e. The Labute approximate surface area is 81.2 Å². The molecule has 0 aliphatic rings. The molecule has 76 valence electrons. The van der Waals surface area contributed by atoms with E-state index in [0.717, 1.165) is 0 Å². The third-order valence-electron chi connectivity index (χ3n) is 1.72. The quantitative estimate of drug-likeness (QED) is 0.626. The van der Waals surface area contributed by atoms with E-state index in [1.807, 2.05) is 0 Å². The number of anilines is 1.